The molecule has 50 heavy (non-hydrogen) atoms. The molecular weight excluding hydrogens is 696 g/mol. The molecule has 1 heterocycles. The zero-order chi connectivity index (χ0) is 34.0. The van der Waals surface area contributed by atoms with Crippen molar-refractivity contribution in [1.82, 2.24) is 0 Å². The third-order valence-corrected chi connectivity index (χ3v) is 22.1. The summed E-state index contributed by atoms with van der Waals surface area (Å²) in [6.45, 7) is 10.4. The van der Waals surface area contributed by atoms with Crippen molar-refractivity contribution in [1.29, 1.82) is 0 Å². The van der Waals surface area contributed by atoms with Gasteiger partial charge in [-0.1, -0.05) is 0 Å². The zero-order valence-electron chi connectivity index (χ0n) is 30.9. The molecule has 4 bridgehead atoms. The summed E-state index contributed by atoms with van der Waals surface area (Å²) in [5, 5.41) is 3.62. The van der Waals surface area contributed by atoms with E-state index in [2.05, 4.69) is 112 Å². The Balaban J connectivity index is 1.17. The second-order valence-electron chi connectivity index (χ2n) is 16.6. The van der Waals surface area contributed by atoms with Gasteiger partial charge in [-0.25, -0.2) is 0 Å². The molecule has 2 heteroatoms. The molecule has 0 N–H and O–H groups in total. The van der Waals surface area contributed by atoms with Crippen LogP contribution in [-0.2, 0) is 23.2 Å². The van der Waals surface area contributed by atoms with Gasteiger partial charge in [0.1, 0.15) is 0 Å². The van der Waals surface area contributed by atoms with Crippen molar-refractivity contribution in [2.75, 3.05) is 0 Å². The van der Waals surface area contributed by atoms with Gasteiger partial charge in [0.25, 0.3) is 0 Å². The van der Waals surface area contributed by atoms with E-state index in [1.54, 1.807) is 33.4 Å². The topological polar surface area (TPSA) is 0 Å². The zero-order valence-corrected chi connectivity index (χ0v) is 34.3. The fourth-order valence-electron chi connectivity index (χ4n) is 11.2. The van der Waals surface area contributed by atoms with E-state index in [0.29, 0.717) is 7.25 Å². The summed E-state index contributed by atoms with van der Waals surface area (Å²) < 4.78 is 1.36. The van der Waals surface area contributed by atoms with Gasteiger partial charge < -0.3 is 0 Å². The first-order chi connectivity index (χ1) is 24.5. The summed E-state index contributed by atoms with van der Waals surface area (Å²) >= 11 is -0.937. The van der Waals surface area contributed by atoms with Gasteiger partial charge in [0.15, 0.2) is 0 Å². The molecule has 2 fully saturated rings. The molecule has 9 rings (SSSR count). The van der Waals surface area contributed by atoms with Crippen molar-refractivity contribution < 1.29 is 23.2 Å². The van der Waals surface area contributed by atoms with Crippen molar-refractivity contribution in [2.45, 2.75) is 123 Å². The van der Waals surface area contributed by atoms with E-state index in [1.165, 1.54) is 99.3 Å². The Bertz CT molecular complexity index is 1840. The molecule has 4 aromatic carbocycles. The molecule has 5 aliphatic rings. The number of hydrogen-bond acceptors (Lipinski definition) is 0. The summed E-state index contributed by atoms with van der Waals surface area (Å²) in [5.41, 5.74) is 19.4. The molecule has 2 atom stereocenters. The van der Waals surface area contributed by atoms with Crippen molar-refractivity contribution in [2.24, 2.45) is 0 Å². The second-order valence-corrected chi connectivity index (χ2v) is 24.5. The van der Waals surface area contributed by atoms with Crippen LogP contribution in [-0.4, -0.2) is 8.07 Å². The molecular formula is C48H54SiZr. The Morgan fingerprint density at radius 3 is 1.30 bits per heavy atom. The first kappa shape index (κ1) is 33.3. The summed E-state index contributed by atoms with van der Waals surface area (Å²) in [6, 6.07) is 34.7. The van der Waals surface area contributed by atoms with E-state index in [1.807, 2.05) is 21.5 Å². The quantitative estimate of drug-likeness (QED) is 0.172. The monoisotopic (exact) mass is 748 g/mol. The summed E-state index contributed by atoms with van der Waals surface area (Å²) in [5.74, 6) is 1.51. The Kier molecular flexibility index (Phi) is 8.97. The van der Waals surface area contributed by atoms with E-state index < -0.39 is 31.3 Å². The van der Waals surface area contributed by atoms with Crippen LogP contribution in [0.1, 0.15) is 143 Å². The summed E-state index contributed by atoms with van der Waals surface area (Å²) in [7, 11) is -2.14. The molecule has 0 radical (unpaired) electrons. The van der Waals surface area contributed by atoms with Crippen LogP contribution in [0.3, 0.4) is 0 Å². The third-order valence-electron chi connectivity index (χ3n) is 13.6. The van der Waals surface area contributed by atoms with Gasteiger partial charge in [0.2, 0.25) is 0 Å². The molecule has 2 saturated carbocycles. The molecule has 0 spiro atoms. The van der Waals surface area contributed by atoms with E-state index in [4.69, 9.17) is 0 Å². The molecule has 4 aliphatic carbocycles. The van der Waals surface area contributed by atoms with Gasteiger partial charge in [-0.2, -0.15) is 0 Å². The van der Waals surface area contributed by atoms with Crippen molar-refractivity contribution >= 4 is 18.5 Å². The Hall–Kier alpha value is -2.54. The van der Waals surface area contributed by atoms with Crippen LogP contribution in [0.2, 0.25) is 13.1 Å². The number of hydrogen-bond donors (Lipinski definition) is 0. The maximum absolute atomic E-state index is 2.74. The van der Waals surface area contributed by atoms with Crippen LogP contribution in [0.5, 0.6) is 0 Å². The van der Waals surface area contributed by atoms with Gasteiger partial charge in [0.05, 0.1) is 0 Å². The van der Waals surface area contributed by atoms with Gasteiger partial charge in [-0.05, 0) is 0 Å². The molecule has 2 unspecified atom stereocenters. The molecule has 0 saturated heterocycles. The van der Waals surface area contributed by atoms with Gasteiger partial charge in [-0.3, -0.25) is 0 Å². The minimum absolute atomic E-state index is 0.680. The van der Waals surface area contributed by atoms with Crippen LogP contribution in [0.25, 0.3) is 32.6 Å². The Morgan fingerprint density at radius 1 is 0.520 bits per heavy atom. The molecule has 0 aromatic heterocycles. The summed E-state index contributed by atoms with van der Waals surface area (Å²) in [4.78, 5) is 0. The average molecular weight is 750 g/mol. The predicted molar refractivity (Wildman–Crippen MR) is 213 cm³/mol. The number of benzene rings is 4. The summed E-state index contributed by atoms with van der Waals surface area (Å²) in [6.07, 6.45) is 16.3. The molecule has 4 aromatic rings. The molecule has 1 aliphatic heterocycles. The van der Waals surface area contributed by atoms with E-state index in [9.17, 15) is 0 Å². The van der Waals surface area contributed by atoms with Gasteiger partial charge in [-0.15, -0.1) is 0 Å². The minimum atomic E-state index is -2.14. The van der Waals surface area contributed by atoms with E-state index in [-0.39, 0.29) is 0 Å². The number of fused-ring (bicyclic) bond motifs is 8. The van der Waals surface area contributed by atoms with Gasteiger partial charge >= 0.3 is 316 Å². The van der Waals surface area contributed by atoms with E-state index in [0.717, 1.165) is 11.8 Å². The normalized spacial score (nSPS) is 23.0. The standard InChI is InChI=1S/C48H54Si.Zr/c1-5-33-31-41-19-13-21-43(39-27-23-37(24-28-39)35-15-9-7-10-16-35)45(41)47(33)49(3,4)48-34(6-2)32-42-20-14-22-44(46(42)48)40-29-25-38(26-30-40)36-17-11-8-12-18-36;/h13-14,19-32,35-36H,5-12,15-18H2,1-4H3;. The van der Waals surface area contributed by atoms with Crippen molar-refractivity contribution in [3.05, 3.63) is 129 Å². The van der Waals surface area contributed by atoms with Crippen LogP contribution >= 0.6 is 0 Å². The second kappa shape index (κ2) is 13.5. The Labute approximate surface area is 314 Å². The average Bonchev–Trinajstić information content (AvgIpc) is 3.70. The number of rotatable bonds is 6. The third kappa shape index (κ3) is 5.36. The van der Waals surface area contributed by atoms with Crippen molar-refractivity contribution in [3.63, 3.8) is 0 Å². The van der Waals surface area contributed by atoms with Gasteiger partial charge in [0, 0.05) is 0 Å². The first-order valence-electron chi connectivity index (χ1n) is 20.2. The number of allylic oxidation sites excluding steroid dienone is 2. The van der Waals surface area contributed by atoms with Crippen LogP contribution in [0.4, 0.5) is 0 Å². The van der Waals surface area contributed by atoms with Crippen molar-refractivity contribution in [3.8, 4) is 22.3 Å². The SMILES string of the molecule is CCC1=C2c3c(-c4ccc(C5CCCCC5)cc4)cccc3[CH]1[Zr][CH]1C(CC)=C(c3c(-c4ccc(C5CCCCC5)cc4)cccc31)[Si]2(C)C. The first-order valence-corrected chi connectivity index (χ1v) is 26.0. The maximum atomic E-state index is 2.74. The fraction of sp³-hybridized carbons (Fsp3) is 0.417. The molecule has 0 amide bonds. The fourth-order valence-corrected chi connectivity index (χ4v) is 21.9. The van der Waals surface area contributed by atoms with Crippen LogP contribution in [0.15, 0.2) is 96.1 Å². The van der Waals surface area contributed by atoms with E-state index >= 15 is 0 Å². The predicted octanol–water partition coefficient (Wildman–Crippen LogP) is 14.1. The molecule has 0 nitrogen and oxygen atoms in total. The van der Waals surface area contributed by atoms with Crippen LogP contribution < -0.4 is 0 Å². The molecule has 254 valence electrons. The van der Waals surface area contributed by atoms with Crippen LogP contribution in [0, 0.1) is 0 Å². The Morgan fingerprint density at radius 2 is 0.920 bits per heavy atom.